The van der Waals surface area contributed by atoms with Crippen LogP contribution in [0.4, 0.5) is 0 Å². The van der Waals surface area contributed by atoms with Crippen molar-refractivity contribution in [1.82, 2.24) is 20.4 Å². The Labute approximate surface area is 204 Å². The fourth-order valence-electron chi connectivity index (χ4n) is 4.27. The third kappa shape index (κ3) is 7.53. The van der Waals surface area contributed by atoms with Crippen LogP contribution in [0.5, 0.6) is 0 Å². The molecule has 1 aromatic carbocycles. The summed E-state index contributed by atoms with van der Waals surface area (Å²) in [6.45, 7) is 10.9. The van der Waals surface area contributed by atoms with Crippen molar-refractivity contribution < 1.29 is 14.4 Å². The maximum absolute atomic E-state index is 13.7. The van der Waals surface area contributed by atoms with Crippen molar-refractivity contribution in [2.75, 3.05) is 26.7 Å². The Hall–Kier alpha value is -2.45. The number of likely N-dealkylation sites (N-methyl/N-ethyl adjacent to an activating group) is 1. The van der Waals surface area contributed by atoms with Crippen LogP contribution in [0.3, 0.4) is 0 Å². The van der Waals surface area contributed by atoms with Gasteiger partial charge in [0, 0.05) is 25.7 Å². The van der Waals surface area contributed by atoms with Gasteiger partial charge in [-0.3, -0.25) is 14.4 Å². The van der Waals surface area contributed by atoms with E-state index in [0.29, 0.717) is 19.6 Å². The van der Waals surface area contributed by atoms with Gasteiger partial charge in [0.15, 0.2) is 0 Å². The van der Waals surface area contributed by atoms with Crippen LogP contribution in [0, 0.1) is 5.41 Å². The summed E-state index contributed by atoms with van der Waals surface area (Å²) in [6, 6.07) is 8.27. The van der Waals surface area contributed by atoms with Crippen LogP contribution in [-0.4, -0.2) is 78.4 Å². The van der Waals surface area contributed by atoms with Gasteiger partial charge in [-0.05, 0) is 51.1 Å². The number of rotatable bonds is 10. The van der Waals surface area contributed by atoms with E-state index in [0.717, 1.165) is 24.8 Å². The van der Waals surface area contributed by atoms with Gasteiger partial charge >= 0.3 is 0 Å². The van der Waals surface area contributed by atoms with Crippen LogP contribution in [0.1, 0.15) is 53.0 Å². The first-order valence-corrected chi connectivity index (χ1v) is 12.3. The topological polar surface area (TPSA) is 108 Å². The highest BCUT2D eigenvalue weighted by molar-refractivity contribution is 5.90. The van der Waals surface area contributed by atoms with E-state index in [4.69, 9.17) is 5.73 Å². The number of hydrogen-bond donors (Lipinski definition) is 3. The summed E-state index contributed by atoms with van der Waals surface area (Å²) in [4.78, 5) is 42.8. The normalized spacial score (nSPS) is 18.8. The standard InChI is InChI=1S/C26H43N5O3/c1-18(27)24(33)30(16-14-20-11-8-7-9-12-20)17-21-13-10-15-31(21)25(34)22(26(3,4)5)29-23(32)19(2)28-6/h7-9,11-12,18-19,21-22,28H,10,13-17,27H2,1-6H3,(H,29,32)/t18-,19-,21-,22+/m0/s1. The summed E-state index contributed by atoms with van der Waals surface area (Å²) in [5, 5.41) is 5.88. The lowest BCUT2D eigenvalue weighted by atomic mass is 9.85. The predicted octanol–water partition coefficient (Wildman–Crippen LogP) is 1.53. The molecule has 1 saturated heterocycles. The third-order valence-electron chi connectivity index (χ3n) is 6.53. The summed E-state index contributed by atoms with van der Waals surface area (Å²) >= 11 is 0. The third-order valence-corrected chi connectivity index (χ3v) is 6.53. The molecule has 34 heavy (non-hydrogen) atoms. The van der Waals surface area contributed by atoms with Gasteiger partial charge in [-0.1, -0.05) is 51.1 Å². The molecule has 1 heterocycles. The number of likely N-dealkylation sites (tertiary alicyclic amines) is 1. The number of nitrogens with two attached hydrogens (primary N) is 1. The minimum absolute atomic E-state index is 0.0945. The van der Waals surface area contributed by atoms with Gasteiger partial charge in [0.1, 0.15) is 6.04 Å². The number of benzene rings is 1. The van der Waals surface area contributed by atoms with E-state index in [-0.39, 0.29) is 23.8 Å². The molecular formula is C26H43N5O3. The minimum atomic E-state index is -0.654. The molecule has 1 aromatic rings. The van der Waals surface area contributed by atoms with Gasteiger partial charge < -0.3 is 26.2 Å². The lowest BCUT2D eigenvalue weighted by Gasteiger charge is -2.38. The highest BCUT2D eigenvalue weighted by Gasteiger charge is 2.40. The highest BCUT2D eigenvalue weighted by Crippen LogP contribution is 2.26. The van der Waals surface area contributed by atoms with Gasteiger partial charge in [0.25, 0.3) is 0 Å². The summed E-state index contributed by atoms with van der Waals surface area (Å²) in [5.74, 6) is -0.412. The average Bonchev–Trinajstić information content (AvgIpc) is 3.26. The molecule has 1 aliphatic heterocycles. The fraction of sp³-hybridized carbons (Fsp3) is 0.654. The Morgan fingerprint density at radius 3 is 2.38 bits per heavy atom. The molecule has 3 amide bonds. The molecule has 1 aliphatic rings. The molecule has 0 bridgehead atoms. The van der Waals surface area contributed by atoms with Gasteiger partial charge in [-0.25, -0.2) is 0 Å². The molecule has 0 radical (unpaired) electrons. The van der Waals surface area contributed by atoms with Crippen molar-refractivity contribution in [1.29, 1.82) is 0 Å². The smallest absolute Gasteiger partial charge is 0.246 e. The summed E-state index contributed by atoms with van der Waals surface area (Å²) < 4.78 is 0. The number of carbonyl (C=O) groups is 3. The van der Waals surface area contributed by atoms with E-state index in [1.807, 2.05) is 56.0 Å². The molecule has 8 nitrogen and oxygen atoms in total. The predicted molar refractivity (Wildman–Crippen MR) is 135 cm³/mol. The van der Waals surface area contributed by atoms with Crippen LogP contribution in [0.25, 0.3) is 0 Å². The lowest BCUT2D eigenvalue weighted by molar-refractivity contribution is -0.142. The molecule has 2 rings (SSSR count). The SMILES string of the molecule is CN[C@@H](C)C(=O)N[C@H](C(=O)N1CCC[C@H]1CN(CCc1ccccc1)C(=O)[C@H](C)N)C(C)(C)C. The monoisotopic (exact) mass is 473 g/mol. The number of hydrogen-bond acceptors (Lipinski definition) is 5. The Kier molecular flexibility index (Phi) is 10.1. The molecule has 0 spiro atoms. The van der Waals surface area contributed by atoms with Gasteiger partial charge in [-0.2, -0.15) is 0 Å². The molecule has 0 aromatic heterocycles. The Morgan fingerprint density at radius 2 is 1.82 bits per heavy atom. The molecule has 0 saturated carbocycles. The van der Waals surface area contributed by atoms with Gasteiger partial charge in [0.05, 0.1) is 12.1 Å². The summed E-state index contributed by atoms with van der Waals surface area (Å²) in [5.41, 5.74) is 6.65. The zero-order valence-corrected chi connectivity index (χ0v) is 21.6. The van der Waals surface area contributed by atoms with Crippen LogP contribution in [-0.2, 0) is 20.8 Å². The van der Waals surface area contributed by atoms with E-state index in [9.17, 15) is 14.4 Å². The minimum Gasteiger partial charge on any atom is -0.342 e. The molecular weight excluding hydrogens is 430 g/mol. The first kappa shape index (κ1) is 27.8. The van der Waals surface area contributed by atoms with E-state index < -0.39 is 23.5 Å². The highest BCUT2D eigenvalue weighted by atomic mass is 16.2. The average molecular weight is 474 g/mol. The maximum Gasteiger partial charge on any atom is 0.246 e. The van der Waals surface area contributed by atoms with Crippen LogP contribution in [0.2, 0.25) is 0 Å². The molecule has 190 valence electrons. The zero-order chi connectivity index (χ0) is 25.5. The van der Waals surface area contributed by atoms with Crippen LogP contribution < -0.4 is 16.4 Å². The summed E-state index contributed by atoms with van der Waals surface area (Å²) in [7, 11) is 1.72. The second-order valence-electron chi connectivity index (χ2n) is 10.5. The first-order chi connectivity index (χ1) is 16.0. The number of amides is 3. The van der Waals surface area contributed by atoms with Crippen molar-refractivity contribution in [2.45, 2.75) is 78.0 Å². The van der Waals surface area contributed by atoms with Crippen molar-refractivity contribution in [2.24, 2.45) is 11.1 Å². The Balaban J connectivity index is 2.17. The molecule has 4 N–H and O–H groups in total. The maximum atomic E-state index is 13.7. The Bertz CT molecular complexity index is 821. The first-order valence-electron chi connectivity index (χ1n) is 12.3. The molecule has 0 aliphatic carbocycles. The van der Waals surface area contributed by atoms with Crippen molar-refractivity contribution >= 4 is 17.7 Å². The zero-order valence-electron chi connectivity index (χ0n) is 21.6. The van der Waals surface area contributed by atoms with E-state index in [1.165, 1.54) is 0 Å². The van der Waals surface area contributed by atoms with Gasteiger partial charge in [0.2, 0.25) is 17.7 Å². The molecule has 4 atom stereocenters. The lowest BCUT2D eigenvalue weighted by Crippen LogP contribution is -2.59. The number of nitrogens with zero attached hydrogens (tertiary/aromatic N) is 2. The second kappa shape index (κ2) is 12.3. The van der Waals surface area contributed by atoms with Crippen molar-refractivity contribution in [3.8, 4) is 0 Å². The number of nitrogens with one attached hydrogen (secondary N) is 2. The quantitative estimate of drug-likeness (QED) is 0.478. The largest absolute Gasteiger partial charge is 0.342 e. The fourth-order valence-corrected chi connectivity index (χ4v) is 4.27. The Morgan fingerprint density at radius 1 is 1.18 bits per heavy atom. The molecule has 0 unspecified atom stereocenters. The van der Waals surface area contributed by atoms with Crippen molar-refractivity contribution in [3.63, 3.8) is 0 Å². The number of carbonyl (C=O) groups excluding carboxylic acids is 3. The van der Waals surface area contributed by atoms with Crippen molar-refractivity contribution in [3.05, 3.63) is 35.9 Å². The molecule has 8 heteroatoms. The van der Waals surface area contributed by atoms with E-state index in [2.05, 4.69) is 10.6 Å². The second-order valence-corrected chi connectivity index (χ2v) is 10.5. The van der Waals surface area contributed by atoms with Gasteiger partial charge in [-0.15, -0.1) is 0 Å². The molecule has 1 fully saturated rings. The summed E-state index contributed by atoms with van der Waals surface area (Å²) in [6.07, 6.45) is 2.41. The van der Waals surface area contributed by atoms with E-state index >= 15 is 0 Å². The van der Waals surface area contributed by atoms with Crippen LogP contribution >= 0.6 is 0 Å². The van der Waals surface area contributed by atoms with Crippen LogP contribution in [0.15, 0.2) is 30.3 Å². The van der Waals surface area contributed by atoms with E-state index in [1.54, 1.807) is 25.8 Å².